The number of carboxylic acid groups (broad SMARTS) is 1. The van der Waals surface area contributed by atoms with E-state index in [1.807, 2.05) is 0 Å². The maximum absolute atomic E-state index is 12.4. The molecule has 1 N–H and O–H groups in total. The van der Waals surface area contributed by atoms with Crippen LogP contribution in [-0.2, 0) is 14.4 Å². The summed E-state index contributed by atoms with van der Waals surface area (Å²) in [5, 5.41) is 8.92. The Morgan fingerprint density at radius 3 is 2.11 bits per heavy atom. The van der Waals surface area contributed by atoms with Gasteiger partial charge in [0.2, 0.25) is 11.8 Å². The molecular weight excluding hydrogens is 246 g/mol. The zero-order valence-electron chi connectivity index (χ0n) is 11.7. The number of carbonyl (C=O) groups excluding carboxylic acids is 2. The number of carbonyl (C=O) groups is 3. The molecule has 0 aromatic rings. The molecule has 5 nitrogen and oxygen atoms in total. The van der Waals surface area contributed by atoms with Gasteiger partial charge in [-0.3, -0.25) is 19.3 Å². The van der Waals surface area contributed by atoms with Gasteiger partial charge in [0.05, 0.1) is 23.8 Å². The van der Waals surface area contributed by atoms with Crippen molar-refractivity contribution in [2.75, 3.05) is 0 Å². The van der Waals surface area contributed by atoms with Crippen LogP contribution in [0.3, 0.4) is 0 Å². The summed E-state index contributed by atoms with van der Waals surface area (Å²) in [6.07, 6.45) is 2.32. The number of amides is 2. The number of carboxylic acids is 1. The SMILES string of the molecule is CCC1CC2C(=O)N(C(C)(C)CC(=O)O)C(=O)C2C1. The van der Waals surface area contributed by atoms with E-state index in [-0.39, 0.29) is 30.1 Å². The number of rotatable bonds is 4. The number of fused-ring (bicyclic) bond motifs is 1. The Bertz CT molecular complexity index is 405. The topological polar surface area (TPSA) is 74.7 Å². The lowest BCUT2D eigenvalue weighted by atomic mass is 9.96. The Labute approximate surface area is 113 Å². The second-order valence-electron chi connectivity index (χ2n) is 6.35. The van der Waals surface area contributed by atoms with E-state index >= 15 is 0 Å². The zero-order valence-corrected chi connectivity index (χ0v) is 11.7. The molecule has 1 saturated heterocycles. The molecule has 2 fully saturated rings. The molecule has 0 radical (unpaired) electrons. The number of aliphatic carboxylic acids is 1. The van der Waals surface area contributed by atoms with Crippen LogP contribution in [0.25, 0.3) is 0 Å². The summed E-state index contributed by atoms with van der Waals surface area (Å²) in [5.41, 5.74) is -0.938. The van der Waals surface area contributed by atoms with E-state index in [1.165, 1.54) is 4.90 Å². The number of likely N-dealkylation sites (tertiary alicyclic amines) is 1. The Morgan fingerprint density at radius 2 is 1.74 bits per heavy atom. The van der Waals surface area contributed by atoms with Gasteiger partial charge in [0, 0.05) is 0 Å². The van der Waals surface area contributed by atoms with Crippen LogP contribution in [0.1, 0.15) is 46.5 Å². The molecule has 2 unspecified atom stereocenters. The molecule has 0 bridgehead atoms. The van der Waals surface area contributed by atoms with Gasteiger partial charge in [-0.25, -0.2) is 0 Å². The highest BCUT2D eigenvalue weighted by molar-refractivity contribution is 6.06. The Kier molecular flexibility index (Phi) is 3.41. The Hall–Kier alpha value is -1.39. The van der Waals surface area contributed by atoms with Gasteiger partial charge in [0.15, 0.2) is 0 Å². The molecular formula is C14H21NO4. The van der Waals surface area contributed by atoms with Crippen LogP contribution in [0.4, 0.5) is 0 Å². The number of nitrogens with zero attached hydrogens (tertiary/aromatic N) is 1. The summed E-state index contributed by atoms with van der Waals surface area (Å²) in [6.45, 7) is 5.37. The number of hydrogen-bond acceptors (Lipinski definition) is 3. The highest BCUT2D eigenvalue weighted by Gasteiger charge is 2.56. The summed E-state index contributed by atoms with van der Waals surface area (Å²) >= 11 is 0. The van der Waals surface area contributed by atoms with Gasteiger partial charge >= 0.3 is 5.97 Å². The minimum absolute atomic E-state index is 0.169. The van der Waals surface area contributed by atoms with Crippen molar-refractivity contribution in [1.82, 2.24) is 4.90 Å². The van der Waals surface area contributed by atoms with Crippen molar-refractivity contribution in [2.24, 2.45) is 17.8 Å². The second-order valence-corrected chi connectivity index (χ2v) is 6.35. The highest BCUT2D eigenvalue weighted by Crippen LogP contribution is 2.46. The first-order valence-electron chi connectivity index (χ1n) is 6.87. The second kappa shape index (κ2) is 4.62. The van der Waals surface area contributed by atoms with Crippen LogP contribution < -0.4 is 0 Å². The molecule has 0 aromatic heterocycles. The van der Waals surface area contributed by atoms with Gasteiger partial charge in [-0.1, -0.05) is 13.3 Å². The average molecular weight is 267 g/mol. The zero-order chi connectivity index (χ0) is 14.4. The number of hydrogen-bond donors (Lipinski definition) is 1. The first kappa shape index (κ1) is 14.0. The van der Waals surface area contributed by atoms with Crippen molar-refractivity contribution in [3.05, 3.63) is 0 Å². The molecule has 0 spiro atoms. The molecule has 2 rings (SSSR count). The molecule has 19 heavy (non-hydrogen) atoms. The average Bonchev–Trinajstić information content (AvgIpc) is 2.78. The van der Waals surface area contributed by atoms with E-state index in [1.54, 1.807) is 13.8 Å². The quantitative estimate of drug-likeness (QED) is 0.786. The fraction of sp³-hybridized carbons (Fsp3) is 0.786. The smallest absolute Gasteiger partial charge is 0.305 e. The maximum Gasteiger partial charge on any atom is 0.305 e. The standard InChI is InChI=1S/C14H21NO4/c1-4-8-5-9-10(6-8)13(19)15(12(9)18)14(2,3)7-11(16)17/h8-10H,4-7H2,1-3H3,(H,16,17). The molecule has 2 aliphatic rings. The van der Waals surface area contributed by atoms with Crippen molar-refractivity contribution >= 4 is 17.8 Å². The van der Waals surface area contributed by atoms with Crippen LogP contribution in [0.5, 0.6) is 0 Å². The van der Waals surface area contributed by atoms with Gasteiger partial charge in [-0.15, -0.1) is 0 Å². The molecule has 0 aromatic carbocycles. The fourth-order valence-corrected chi connectivity index (χ4v) is 3.51. The molecule has 1 aliphatic carbocycles. The van der Waals surface area contributed by atoms with E-state index in [0.29, 0.717) is 5.92 Å². The summed E-state index contributed by atoms with van der Waals surface area (Å²) in [4.78, 5) is 36.9. The van der Waals surface area contributed by atoms with Gasteiger partial charge in [0.25, 0.3) is 0 Å². The van der Waals surface area contributed by atoms with Gasteiger partial charge in [0.1, 0.15) is 0 Å². The molecule has 106 valence electrons. The van der Waals surface area contributed by atoms with Crippen LogP contribution in [-0.4, -0.2) is 33.3 Å². The van der Waals surface area contributed by atoms with Crippen LogP contribution in [0.15, 0.2) is 0 Å². The molecule has 2 amide bonds. The fourth-order valence-electron chi connectivity index (χ4n) is 3.51. The highest BCUT2D eigenvalue weighted by atomic mass is 16.4. The van der Waals surface area contributed by atoms with Gasteiger partial charge in [-0.05, 0) is 32.6 Å². The van der Waals surface area contributed by atoms with Crippen molar-refractivity contribution < 1.29 is 19.5 Å². The Morgan fingerprint density at radius 1 is 1.26 bits per heavy atom. The summed E-state index contributed by atoms with van der Waals surface area (Å²) in [5.74, 6) is -1.31. The molecule has 1 heterocycles. The lowest BCUT2D eigenvalue weighted by Gasteiger charge is -2.33. The van der Waals surface area contributed by atoms with Gasteiger partial charge in [-0.2, -0.15) is 0 Å². The van der Waals surface area contributed by atoms with Crippen molar-refractivity contribution in [3.63, 3.8) is 0 Å². The third kappa shape index (κ3) is 2.26. The van der Waals surface area contributed by atoms with Crippen molar-refractivity contribution in [3.8, 4) is 0 Å². The predicted octanol–water partition coefficient (Wildman–Crippen LogP) is 1.66. The van der Waals surface area contributed by atoms with Crippen LogP contribution in [0.2, 0.25) is 0 Å². The van der Waals surface area contributed by atoms with Crippen LogP contribution >= 0.6 is 0 Å². The maximum atomic E-state index is 12.4. The van der Waals surface area contributed by atoms with E-state index in [4.69, 9.17) is 5.11 Å². The first-order chi connectivity index (χ1) is 8.77. The largest absolute Gasteiger partial charge is 0.481 e. The van der Waals surface area contributed by atoms with Crippen molar-refractivity contribution in [2.45, 2.75) is 52.0 Å². The molecule has 1 aliphatic heterocycles. The lowest BCUT2D eigenvalue weighted by molar-refractivity contribution is -0.150. The third-order valence-corrected chi connectivity index (χ3v) is 4.50. The normalized spacial score (nSPS) is 30.9. The third-order valence-electron chi connectivity index (χ3n) is 4.50. The van der Waals surface area contributed by atoms with E-state index in [0.717, 1.165) is 19.3 Å². The first-order valence-corrected chi connectivity index (χ1v) is 6.87. The monoisotopic (exact) mass is 267 g/mol. The number of imide groups is 1. The Balaban J connectivity index is 2.21. The minimum atomic E-state index is -0.992. The predicted molar refractivity (Wildman–Crippen MR) is 68.2 cm³/mol. The summed E-state index contributed by atoms with van der Waals surface area (Å²) in [7, 11) is 0. The molecule has 2 atom stereocenters. The minimum Gasteiger partial charge on any atom is -0.481 e. The summed E-state index contributed by atoms with van der Waals surface area (Å²) < 4.78 is 0. The molecule has 5 heteroatoms. The summed E-state index contributed by atoms with van der Waals surface area (Å²) in [6, 6.07) is 0. The van der Waals surface area contributed by atoms with Gasteiger partial charge < -0.3 is 5.11 Å². The van der Waals surface area contributed by atoms with Crippen LogP contribution in [0, 0.1) is 17.8 Å². The lowest BCUT2D eigenvalue weighted by Crippen LogP contribution is -2.49. The van der Waals surface area contributed by atoms with E-state index < -0.39 is 11.5 Å². The van der Waals surface area contributed by atoms with E-state index in [2.05, 4.69) is 6.92 Å². The van der Waals surface area contributed by atoms with Crippen molar-refractivity contribution in [1.29, 1.82) is 0 Å². The molecule has 1 saturated carbocycles. The van der Waals surface area contributed by atoms with E-state index in [9.17, 15) is 14.4 Å².